The van der Waals surface area contributed by atoms with Crippen molar-refractivity contribution in [1.82, 2.24) is 15.0 Å². The molecule has 2 unspecified atom stereocenters. The van der Waals surface area contributed by atoms with Crippen LogP contribution in [-0.4, -0.2) is 15.0 Å². The van der Waals surface area contributed by atoms with Gasteiger partial charge in [-0.25, -0.2) is 4.68 Å². The first kappa shape index (κ1) is 12.3. The van der Waals surface area contributed by atoms with Crippen molar-refractivity contribution in [3.63, 3.8) is 0 Å². The van der Waals surface area contributed by atoms with E-state index in [4.69, 9.17) is 5.73 Å². The molecule has 4 heteroatoms. The maximum atomic E-state index is 6.50. The van der Waals surface area contributed by atoms with E-state index in [0.717, 1.165) is 17.8 Å². The Morgan fingerprint density at radius 2 is 1.81 bits per heavy atom. The molecule has 3 aromatic rings. The lowest BCUT2D eigenvalue weighted by molar-refractivity contribution is 0.480. The van der Waals surface area contributed by atoms with Crippen LogP contribution in [0.2, 0.25) is 0 Å². The summed E-state index contributed by atoms with van der Waals surface area (Å²) in [6, 6.07) is 18.4. The van der Waals surface area contributed by atoms with Crippen molar-refractivity contribution < 1.29 is 0 Å². The fraction of sp³-hybridized carbons (Fsp3) is 0.176. The van der Waals surface area contributed by atoms with Gasteiger partial charge < -0.3 is 5.73 Å². The molecule has 0 saturated heterocycles. The Morgan fingerprint density at radius 1 is 1.05 bits per heavy atom. The highest BCUT2D eigenvalue weighted by Gasteiger charge is 2.33. The standard InChI is InChI=1S/C17H16N4/c18-17(15-10-12-6-4-5-9-14(12)15)16-11-19-20-21(16)13-7-2-1-3-8-13/h1-9,11,15,17H,10,18H2. The summed E-state index contributed by atoms with van der Waals surface area (Å²) in [5.74, 6) is 0.349. The summed E-state index contributed by atoms with van der Waals surface area (Å²) in [5, 5.41) is 8.24. The molecule has 0 spiro atoms. The number of rotatable bonds is 3. The quantitative estimate of drug-likeness (QED) is 0.800. The number of hydrogen-bond acceptors (Lipinski definition) is 3. The Morgan fingerprint density at radius 3 is 2.62 bits per heavy atom. The fourth-order valence-corrected chi connectivity index (χ4v) is 3.06. The summed E-state index contributed by atoms with van der Waals surface area (Å²) in [5.41, 5.74) is 11.2. The molecule has 21 heavy (non-hydrogen) atoms. The van der Waals surface area contributed by atoms with E-state index in [2.05, 4.69) is 34.6 Å². The van der Waals surface area contributed by atoms with Gasteiger partial charge in [0.2, 0.25) is 0 Å². The molecule has 1 aromatic heterocycles. The number of para-hydroxylation sites is 1. The average Bonchev–Trinajstić information content (AvgIpc) is 2.99. The Balaban J connectivity index is 1.68. The molecule has 0 amide bonds. The van der Waals surface area contributed by atoms with E-state index < -0.39 is 0 Å². The van der Waals surface area contributed by atoms with Crippen molar-refractivity contribution in [3.05, 3.63) is 77.6 Å². The van der Waals surface area contributed by atoms with Gasteiger partial charge in [0.25, 0.3) is 0 Å². The Labute approximate surface area is 123 Å². The van der Waals surface area contributed by atoms with Crippen LogP contribution in [-0.2, 0) is 6.42 Å². The largest absolute Gasteiger partial charge is 0.322 e. The Hall–Kier alpha value is -2.46. The van der Waals surface area contributed by atoms with Gasteiger partial charge in [-0.2, -0.15) is 0 Å². The molecule has 4 nitrogen and oxygen atoms in total. The smallest absolute Gasteiger partial charge is 0.0819 e. The molecule has 0 bridgehead atoms. The second kappa shape index (κ2) is 4.82. The van der Waals surface area contributed by atoms with E-state index in [1.807, 2.05) is 35.0 Å². The summed E-state index contributed by atoms with van der Waals surface area (Å²) < 4.78 is 1.84. The number of nitrogens with two attached hydrogens (primary N) is 1. The zero-order valence-corrected chi connectivity index (χ0v) is 11.6. The first-order valence-corrected chi connectivity index (χ1v) is 7.14. The SMILES string of the molecule is NC(c1cnnn1-c1ccccc1)C1Cc2ccccc21. The lowest BCUT2D eigenvalue weighted by Gasteiger charge is -2.34. The third-order valence-electron chi connectivity index (χ3n) is 4.25. The highest BCUT2D eigenvalue weighted by atomic mass is 15.4. The van der Waals surface area contributed by atoms with E-state index in [1.165, 1.54) is 11.1 Å². The maximum absolute atomic E-state index is 6.50. The van der Waals surface area contributed by atoms with Gasteiger partial charge in [-0.1, -0.05) is 47.7 Å². The number of fused-ring (bicyclic) bond motifs is 1. The molecule has 2 N–H and O–H groups in total. The van der Waals surface area contributed by atoms with Crippen LogP contribution in [0.4, 0.5) is 0 Å². The van der Waals surface area contributed by atoms with Crippen molar-refractivity contribution in [1.29, 1.82) is 0 Å². The maximum Gasteiger partial charge on any atom is 0.0819 e. The van der Waals surface area contributed by atoms with Crippen LogP contribution in [0.5, 0.6) is 0 Å². The van der Waals surface area contributed by atoms with Crippen LogP contribution < -0.4 is 5.73 Å². The molecule has 2 atom stereocenters. The monoisotopic (exact) mass is 276 g/mol. The van der Waals surface area contributed by atoms with Gasteiger partial charge in [-0.3, -0.25) is 0 Å². The van der Waals surface area contributed by atoms with Crippen LogP contribution in [0, 0.1) is 0 Å². The van der Waals surface area contributed by atoms with Gasteiger partial charge in [-0.05, 0) is 29.7 Å². The van der Waals surface area contributed by atoms with Gasteiger partial charge >= 0.3 is 0 Å². The fourth-order valence-electron chi connectivity index (χ4n) is 3.06. The molecule has 104 valence electrons. The summed E-state index contributed by atoms with van der Waals surface area (Å²) in [6.45, 7) is 0. The zero-order valence-electron chi connectivity index (χ0n) is 11.6. The molecule has 0 saturated carbocycles. The van der Waals surface area contributed by atoms with E-state index >= 15 is 0 Å². The van der Waals surface area contributed by atoms with Gasteiger partial charge in [0, 0.05) is 5.92 Å². The highest BCUT2D eigenvalue weighted by molar-refractivity contribution is 5.43. The lowest BCUT2D eigenvalue weighted by Crippen LogP contribution is -2.30. The lowest BCUT2D eigenvalue weighted by atomic mass is 9.73. The summed E-state index contributed by atoms with van der Waals surface area (Å²) >= 11 is 0. The number of nitrogens with zero attached hydrogens (tertiary/aromatic N) is 3. The van der Waals surface area contributed by atoms with Gasteiger partial charge in [0.1, 0.15) is 0 Å². The molecular formula is C17H16N4. The second-order valence-electron chi connectivity index (χ2n) is 5.44. The third-order valence-corrected chi connectivity index (χ3v) is 4.25. The van der Waals surface area contributed by atoms with Gasteiger partial charge in [-0.15, -0.1) is 5.10 Å². The van der Waals surface area contributed by atoms with Gasteiger partial charge in [0.05, 0.1) is 23.6 Å². The molecule has 1 heterocycles. The third kappa shape index (κ3) is 1.96. The van der Waals surface area contributed by atoms with Crippen LogP contribution in [0.25, 0.3) is 5.69 Å². The molecule has 1 aliphatic rings. The first-order valence-electron chi connectivity index (χ1n) is 7.14. The van der Waals surface area contributed by atoms with Crippen LogP contribution >= 0.6 is 0 Å². The van der Waals surface area contributed by atoms with Crippen molar-refractivity contribution in [3.8, 4) is 5.69 Å². The minimum atomic E-state index is -0.0879. The molecule has 1 aliphatic carbocycles. The van der Waals surface area contributed by atoms with E-state index in [0.29, 0.717) is 5.92 Å². The molecule has 0 fully saturated rings. The van der Waals surface area contributed by atoms with E-state index in [9.17, 15) is 0 Å². The van der Waals surface area contributed by atoms with E-state index in [-0.39, 0.29) is 6.04 Å². The Kier molecular flexibility index (Phi) is 2.82. The highest BCUT2D eigenvalue weighted by Crippen LogP contribution is 2.42. The van der Waals surface area contributed by atoms with Crippen LogP contribution in [0.3, 0.4) is 0 Å². The minimum absolute atomic E-state index is 0.0879. The van der Waals surface area contributed by atoms with Crippen molar-refractivity contribution in [2.24, 2.45) is 5.73 Å². The number of aromatic nitrogens is 3. The predicted molar refractivity (Wildman–Crippen MR) is 81.2 cm³/mol. The van der Waals surface area contributed by atoms with Crippen LogP contribution in [0.15, 0.2) is 60.8 Å². The van der Waals surface area contributed by atoms with Crippen LogP contribution in [0.1, 0.15) is 28.8 Å². The summed E-state index contributed by atoms with van der Waals surface area (Å²) in [7, 11) is 0. The number of hydrogen-bond donors (Lipinski definition) is 1. The molecule has 0 radical (unpaired) electrons. The predicted octanol–water partition coefficient (Wildman–Crippen LogP) is 2.61. The normalized spacial score (nSPS) is 17.9. The van der Waals surface area contributed by atoms with Crippen molar-refractivity contribution >= 4 is 0 Å². The Bertz CT molecular complexity index is 763. The molecular weight excluding hydrogens is 260 g/mol. The first-order chi connectivity index (χ1) is 10.3. The van der Waals surface area contributed by atoms with E-state index in [1.54, 1.807) is 6.20 Å². The molecule has 0 aliphatic heterocycles. The molecule has 2 aromatic carbocycles. The van der Waals surface area contributed by atoms with Gasteiger partial charge in [0.15, 0.2) is 0 Å². The average molecular weight is 276 g/mol. The summed E-state index contributed by atoms with van der Waals surface area (Å²) in [6.07, 6.45) is 2.80. The second-order valence-corrected chi connectivity index (χ2v) is 5.44. The van der Waals surface area contributed by atoms with Crippen molar-refractivity contribution in [2.45, 2.75) is 18.4 Å². The zero-order chi connectivity index (χ0) is 14.2. The van der Waals surface area contributed by atoms with Crippen molar-refractivity contribution in [2.75, 3.05) is 0 Å². The molecule has 4 rings (SSSR count). The summed E-state index contributed by atoms with van der Waals surface area (Å²) in [4.78, 5) is 0. The minimum Gasteiger partial charge on any atom is -0.322 e. The topological polar surface area (TPSA) is 56.7 Å². The number of benzene rings is 2.